The predicted molar refractivity (Wildman–Crippen MR) is 83.4 cm³/mol. The van der Waals surface area contributed by atoms with Crippen LogP contribution < -0.4 is 0 Å². The second-order valence-corrected chi connectivity index (χ2v) is 11.9. The smallest absolute Gasteiger partial charge is 0.123 e. The molecule has 2 heterocycles. The minimum atomic E-state index is -0.997. The van der Waals surface area contributed by atoms with E-state index >= 15 is 0 Å². The minimum absolute atomic E-state index is 0.591. The zero-order chi connectivity index (χ0) is 14.4. The van der Waals surface area contributed by atoms with Crippen molar-refractivity contribution in [3.8, 4) is 0 Å². The number of nitrogens with zero attached hydrogens (tertiary/aromatic N) is 3. The molecule has 108 valence electrons. The van der Waals surface area contributed by atoms with E-state index in [-0.39, 0.29) is 0 Å². The third-order valence-electron chi connectivity index (χ3n) is 3.06. The van der Waals surface area contributed by atoms with Gasteiger partial charge in [0.1, 0.15) is 6.73 Å². The van der Waals surface area contributed by atoms with Gasteiger partial charge in [-0.25, -0.2) is 4.98 Å². The lowest BCUT2D eigenvalue weighted by molar-refractivity contribution is 0.0871. The lowest BCUT2D eigenvalue weighted by Gasteiger charge is -2.15. The normalized spacial score (nSPS) is 11.8. The Labute approximate surface area is 121 Å². The maximum atomic E-state index is 5.71. The van der Waals surface area contributed by atoms with Gasteiger partial charge in [0.25, 0.3) is 0 Å². The van der Waals surface area contributed by atoms with E-state index in [0.717, 1.165) is 18.7 Å². The SMILES string of the molecule is C[Si](C)(C)CCOCn1cnc(Cc2ccncc2)c1. The molecule has 20 heavy (non-hydrogen) atoms. The Morgan fingerprint density at radius 2 is 1.95 bits per heavy atom. The van der Waals surface area contributed by atoms with Crippen molar-refractivity contribution in [1.82, 2.24) is 14.5 Å². The highest BCUT2D eigenvalue weighted by Gasteiger charge is 2.11. The average Bonchev–Trinajstić information content (AvgIpc) is 2.82. The van der Waals surface area contributed by atoms with Crippen LogP contribution in [0.3, 0.4) is 0 Å². The summed E-state index contributed by atoms with van der Waals surface area (Å²) in [6.45, 7) is 8.52. The Morgan fingerprint density at radius 3 is 2.65 bits per heavy atom. The Morgan fingerprint density at radius 1 is 1.20 bits per heavy atom. The van der Waals surface area contributed by atoms with Gasteiger partial charge in [0.05, 0.1) is 12.0 Å². The molecular weight excluding hydrogens is 266 g/mol. The number of aromatic nitrogens is 3. The zero-order valence-corrected chi connectivity index (χ0v) is 13.5. The molecule has 0 aliphatic rings. The largest absolute Gasteiger partial charge is 0.361 e. The molecule has 0 radical (unpaired) electrons. The van der Waals surface area contributed by atoms with Gasteiger partial charge in [0.2, 0.25) is 0 Å². The second kappa shape index (κ2) is 6.81. The second-order valence-electron chi connectivity index (χ2n) is 6.26. The van der Waals surface area contributed by atoms with Crippen molar-refractivity contribution in [3.63, 3.8) is 0 Å². The minimum Gasteiger partial charge on any atom is -0.361 e. The van der Waals surface area contributed by atoms with E-state index < -0.39 is 8.07 Å². The number of pyridine rings is 1. The monoisotopic (exact) mass is 289 g/mol. The third-order valence-corrected chi connectivity index (χ3v) is 4.76. The first kappa shape index (κ1) is 14.9. The van der Waals surface area contributed by atoms with Crippen molar-refractivity contribution in [2.75, 3.05) is 6.61 Å². The van der Waals surface area contributed by atoms with Crippen LogP contribution in [0.1, 0.15) is 11.3 Å². The third kappa shape index (κ3) is 5.26. The van der Waals surface area contributed by atoms with Gasteiger partial charge in [-0.3, -0.25) is 4.98 Å². The number of rotatable bonds is 7. The molecule has 0 aliphatic heterocycles. The van der Waals surface area contributed by atoms with Crippen LogP contribution in [-0.4, -0.2) is 29.2 Å². The first-order valence-corrected chi connectivity index (χ1v) is 10.7. The standard InChI is InChI=1S/C15H23N3OSi/c1-20(2,3)9-8-19-13-18-11-15(17-12-18)10-14-4-6-16-7-5-14/h4-7,11-12H,8-10,13H2,1-3H3. The molecule has 4 nitrogen and oxygen atoms in total. The quantitative estimate of drug-likeness (QED) is 0.580. The molecule has 0 saturated carbocycles. The van der Waals surface area contributed by atoms with E-state index in [1.807, 2.05) is 35.4 Å². The average molecular weight is 289 g/mol. The molecule has 0 amide bonds. The predicted octanol–water partition coefficient (Wildman–Crippen LogP) is 3.18. The molecule has 0 atom stereocenters. The first-order chi connectivity index (χ1) is 9.53. The Kier molecular flexibility index (Phi) is 5.09. The maximum Gasteiger partial charge on any atom is 0.123 e. The van der Waals surface area contributed by atoms with Crippen LogP contribution in [-0.2, 0) is 17.9 Å². The van der Waals surface area contributed by atoms with Crippen LogP contribution in [0.2, 0.25) is 25.7 Å². The first-order valence-electron chi connectivity index (χ1n) is 7.00. The summed E-state index contributed by atoms with van der Waals surface area (Å²) < 4.78 is 7.71. The van der Waals surface area contributed by atoms with Gasteiger partial charge >= 0.3 is 0 Å². The highest BCUT2D eigenvalue weighted by Crippen LogP contribution is 2.09. The molecule has 0 N–H and O–H groups in total. The van der Waals surface area contributed by atoms with Gasteiger partial charge in [0.15, 0.2) is 0 Å². The van der Waals surface area contributed by atoms with Crippen molar-refractivity contribution in [3.05, 3.63) is 48.3 Å². The summed E-state index contributed by atoms with van der Waals surface area (Å²) in [5, 5.41) is 0. The summed E-state index contributed by atoms with van der Waals surface area (Å²) in [5.41, 5.74) is 2.29. The molecule has 0 unspecified atom stereocenters. The van der Waals surface area contributed by atoms with Crippen molar-refractivity contribution < 1.29 is 4.74 Å². The van der Waals surface area contributed by atoms with Gasteiger partial charge in [-0.2, -0.15) is 0 Å². The molecule has 0 spiro atoms. The molecule has 0 fully saturated rings. The Bertz CT molecular complexity index is 519. The summed E-state index contributed by atoms with van der Waals surface area (Å²) in [4.78, 5) is 8.43. The van der Waals surface area contributed by atoms with E-state index in [1.165, 1.54) is 11.6 Å². The lowest BCUT2D eigenvalue weighted by atomic mass is 10.2. The van der Waals surface area contributed by atoms with Crippen LogP contribution in [0.4, 0.5) is 0 Å². The summed E-state index contributed by atoms with van der Waals surface area (Å²) in [6.07, 6.45) is 8.35. The molecule has 0 aromatic carbocycles. The molecule has 0 bridgehead atoms. The van der Waals surface area contributed by atoms with Crippen molar-refractivity contribution in [2.24, 2.45) is 0 Å². The molecule has 2 aromatic heterocycles. The molecule has 2 aromatic rings. The van der Waals surface area contributed by atoms with Gasteiger partial charge in [-0.1, -0.05) is 19.6 Å². The number of ether oxygens (including phenoxy) is 1. The van der Waals surface area contributed by atoms with Gasteiger partial charge in [0, 0.05) is 39.7 Å². The number of hydrogen-bond acceptors (Lipinski definition) is 3. The fourth-order valence-corrected chi connectivity index (χ4v) is 2.58. The van der Waals surface area contributed by atoms with E-state index in [4.69, 9.17) is 4.74 Å². The van der Waals surface area contributed by atoms with Gasteiger partial charge in [-0.05, 0) is 23.7 Å². The summed E-state index contributed by atoms with van der Waals surface area (Å²) in [7, 11) is -0.997. The molecule has 0 aliphatic carbocycles. The fraction of sp³-hybridized carbons (Fsp3) is 0.467. The molecule has 2 rings (SSSR count). The van der Waals surface area contributed by atoms with Gasteiger partial charge in [-0.15, -0.1) is 0 Å². The highest BCUT2D eigenvalue weighted by molar-refractivity contribution is 6.76. The summed E-state index contributed by atoms with van der Waals surface area (Å²) in [6, 6.07) is 5.23. The maximum absolute atomic E-state index is 5.71. The fourth-order valence-electron chi connectivity index (χ4n) is 1.83. The summed E-state index contributed by atoms with van der Waals surface area (Å²) in [5.74, 6) is 0. The topological polar surface area (TPSA) is 39.9 Å². The Balaban J connectivity index is 1.78. The van der Waals surface area contributed by atoms with E-state index in [9.17, 15) is 0 Å². The van der Waals surface area contributed by atoms with Crippen LogP contribution >= 0.6 is 0 Å². The molecule has 0 saturated heterocycles. The lowest BCUT2D eigenvalue weighted by Crippen LogP contribution is -2.21. The molecule has 5 heteroatoms. The van der Waals surface area contributed by atoms with E-state index in [1.54, 1.807) is 0 Å². The van der Waals surface area contributed by atoms with E-state index in [2.05, 4.69) is 35.8 Å². The summed E-state index contributed by atoms with van der Waals surface area (Å²) >= 11 is 0. The zero-order valence-electron chi connectivity index (χ0n) is 12.5. The Hall–Kier alpha value is -1.46. The van der Waals surface area contributed by atoms with Crippen LogP contribution in [0, 0.1) is 0 Å². The van der Waals surface area contributed by atoms with Crippen LogP contribution in [0.5, 0.6) is 0 Å². The van der Waals surface area contributed by atoms with E-state index in [0.29, 0.717) is 6.73 Å². The number of imidazole rings is 1. The number of hydrogen-bond donors (Lipinski definition) is 0. The van der Waals surface area contributed by atoms with Crippen molar-refractivity contribution in [1.29, 1.82) is 0 Å². The van der Waals surface area contributed by atoms with Crippen molar-refractivity contribution in [2.45, 2.75) is 38.8 Å². The molecular formula is C15H23N3OSi. The van der Waals surface area contributed by atoms with Gasteiger partial charge < -0.3 is 9.30 Å². The highest BCUT2D eigenvalue weighted by atomic mass is 28.3. The van der Waals surface area contributed by atoms with Crippen LogP contribution in [0.15, 0.2) is 37.1 Å². The van der Waals surface area contributed by atoms with Crippen molar-refractivity contribution >= 4 is 8.07 Å². The van der Waals surface area contributed by atoms with Crippen LogP contribution in [0.25, 0.3) is 0 Å².